The largest absolute Gasteiger partial charge is 0.497 e. The molecular formula is C13H15ClN2O3S2. The van der Waals surface area contributed by atoms with Gasteiger partial charge in [0.15, 0.2) is 0 Å². The molecule has 0 aliphatic rings. The number of methoxy groups -OCH3 is 1. The van der Waals surface area contributed by atoms with Crippen molar-refractivity contribution in [3.63, 3.8) is 0 Å². The molecule has 3 N–H and O–H groups in total. The number of hydrogen-bond donors (Lipinski definition) is 2. The summed E-state index contributed by atoms with van der Waals surface area (Å²) in [5, 5.41) is 0. The molecule has 114 valence electrons. The molecule has 1 atom stereocenters. The molecule has 1 unspecified atom stereocenters. The number of halogens is 1. The number of thiophene rings is 1. The number of nitrogens with two attached hydrogens (primary N) is 1. The van der Waals surface area contributed by atoms with Gasteiger partial charge in [-0.1, -0.05) is 11.6 Å². The third kappa shape index (κ3) is 3.68. The zero-order valence-corrected chi connectivity index (χ0v) is 13.8. The Morgan fingerprint density at radius 3 is 2.57 bits per heavy atom. The van der Waals surface area contributed by atoms with Crippen molar-refractivity contribution in [3.8, 4) is 5.75 Å². The molecular weight excluding hydrogens is 332 g/mol. The first-order valence-corrected chi connectivity index (χ1v) is 8.72. The molecule has 0 saturated heterocycles. The van der Waals surface area contributed by atoms with Crippen molar-refractivity contribution in [1.82, 2.24) is 4.72 Å². The van der Waals surface area contributed by atoms with E-state index in [1.165, 1.54) is 30.6 Å². The number of nitrogen functional groups attached to an aromatic ring is 1. The number of sulfonamides is 1. The summed E-state index contributed by atoms with van der Waals surface area (Å²) in [6.07, 6.45) is 0. The second-order valence-electron chi connectivity index (χ2n) is 4.39. The van der Waals surface area contributed by atoms with Crippen molar-refractivity contribution in [2.24, 2.45) is 0 Å². The predicted molar refractivity (Wildman–Crippen MR) is 85.5 cm³/mol. The highest BCUT2D eigenvalue weighted by atomic mass is 35.5. The van der Waals surface area contributed by atoms with E-state index in [1.54, 1.807) is 25.1 Å². The summed E-state index contributed by atoms with van der Waals surface area (Å²) in [7, 11) is -2.23. The molecule has 0 amide bonds. The van der Waals surface area contributed by atoms with E-state index in [-0.39, 0.29) is 10.6 Å². The van der Waals surface area contributed by atoms with Crippen LogP contribution >= 0.6 is 22.9 Å². The standard InChI is InChI=1S/C13H15ClN2O3S2/c1-8(11-4-6-13(14)20-11)16-21(17,18)12-5-3-9(19-2)7-10(12)15/h3-8,16H,15H2,1-2H3. The maximum atomic E-state index is 12.4. The summed E-state index contributed by atoms with van der Waals surface area (Å²) in [4.78, 5) is 0.855. The van der Waals surface area contributed by atoms with Crippen molar-refractivity contribution in [2.45, 2.75) is 17.9 Å². The van der Waals surface area contributed by atoms with Crippen LogP contribution in [0, 0.1) is 0 Å². The van der Waals surface area contributed by atoms with Gasteiger partial charge >= 0.3 is 0 Å². The Kier molecular flexibility index (Phi) is 4.77. The predicted octanol–water partition coefficient (Wildman–Crippen LogP) is 3.03. The summed E-state index contributed by atoms with van der Waals surface area (Å²) < 4.78 is 33.0. The Balaban J connectivity index is 2.26. The zero-order valence-electron chi connectivity index (χ0n) is 11.5. The van der Waals surface area contributed by atoms with Crippen molar-refractivity contribution in [3.05, 3.63) is 39.5 Å². The van der Waals surface area contributed by atoms with Crippen LogP contribution < -0.4 is 15.2 Å². The third-order valence-corrected chi connectivity index (χ3v) is 5.89. The van der Waals surface area contributed by atoms with Crippen molar-refractivity contribution >= 4 is 38.6 Å². The smallest absolute Gasteiger partial charge is 0.243 e. The van der Waals surface area contributed by atoms with Crippen LogP contribution in [0.2, 0.25) is 4.34 Å². The molecule has 0 saturated carbocycles. The van der Waals surface area contributed by atoms with Crippen LogP contribution in [0.25, 0.3) is 0 Å². The van der Waals surface area contributed by atoms with Gasteiger partial charge in [-0.3, -0.25) is 0 Å². The molecule has 1 aromatic heterocycles. The highest BCUT2D eigenvalue weighted by Crippen LogP contribution is 2.29. The van der Waals surface area contributed by atoms with E-state index in [4.69, 9.17) is 22.1 Å². The zero-order chi connectivity index (χ0) is 15.6. The van der Waals surface area contributed by atoms with E-state index in [0.29, 0.717) is 10.1 Å². The topological polar surface area (TPSA) is 81.4 Å². The number of ether oxygens (including phenoxy) is 1. The van der Waals surface area contributed by atoms with Gasteiger partial charge < -0.3 is 10.5 Å². The van der Waals surface area contributed by atoms with E-state index in [9.17, 15) is 8.42 Å². The van der Waals surface area contributed by atoms with Gasteiger partial charge in [-0.15, -0.1) is 11.3 Å². The lowest BCUT2D eigenvalue weighted by Crippen LogP contribution is -2.27. The number of nitrogens with one attached hydrogen (secondary N) is 1. The average Bonchev–Trinajstić information content (AvgIpc) is 2.84. The first-order chi connectivity index (χ1) is 9.83. The fourth-order valence-electron chi connectivity index (χ4n) is 1.81. The van der Waals surface area contributed by atoms with Crippen LogP contribution in [0.15, 0.2) is 35.2 Å². The highest BCUT2D eigenvalue weighted by Gasteiger charge is 2.22. The summed E-state index contributed by atoms with van der Waals surface area (Å²) in [6.45, 7) is 1.75. The monoisotopic (exact) mass is 346 g/mol. The third-order valence-electron chi connectivity index (χ3n) is 2.86. The molecule has 0 radical (unpaired) electrons. The highest BCUT2D eigenvalue weighted by molar-refractivity contribution is 7.89. The van der Waals surface area contributed by atoms with E-state index in [2.05, 4.69) is 4.72 Å². The lowest BCUT2D eigenvalue weighted by atomic mass is 10.3. The molecule has 5 nitrogen and oxygen atoms in total. The molecule has 0 aliphatic carbocycles. The van der Waals surface area contributed by atoms with Gasteiger partial charge in [0.2, 0.25) is 10.0 Å². The quantitative estimate of drug-likeness (QED) is 0.815. The summed E-state index contributed by atoms with van der Waals surface area (Å²) >= 11 is 7.19. The van der Waals surface area contributed by atoms with E-state index in [1.807, 2.05) is 0 Å². The molecule has 2 aromatic rings. The Morgan fingerprint density at radius 2 is 2.05 bits per heavy atom. The van der Waals surface area contributed by atoms with Crippen LogP contribution in [0.4, 0.5) is 5.69 Å². The van der Waals surface area contributed by atoms with Crippen LogP contribution in [0.1, 0.15) is 17.8 Å². The first kappa shape index (κ1) is 16.1. The van der Waals surface area contributed by atoms with Crippen molar-refractivity contribution in [2.75, 3.05) is 12.8 Å². The van der Waals surface area contributed by atoms with Gasteiger partial charge in [-0.25, -0.2) is 13.1 Å². The summed E-state index contributed by atoms with van der Waals surface area (Å²) in [5.41, 5.74) is 5.92. The fourth-order valence-corrected chi connectivity index (χ4v) is 4.29. The van der Waals surface area contributed by atoms with Gasteiger partial charge in [0.05, 0.1) is 23.2 Å². The minimum Gasteiger partial charge on any atom is -0.497 e. The Hall–Kier alpha value is -1.28. The van der Waals surface area contributed by atoms with E-state index >= 15 is 0 Å². The molecule has 8 heteroatoms. The van der Waals surface area contributed by atoms with Crippen LogP contribution in [0.5, 0.6) is 5.75 Å². The SMILES string of the molecule is COc1ccc(S(=O)(=O)NC(C)c2ccc(Cl)s2)c(N)c1. The lowest BCUT2D eigenvalue weighted by molar-refractivity contribution is 0.414. The van der Waals surface area contributed by atoms with Gasteiger partial charge in [-0.2, -0.15) is 0 Å². The molecule has 2 rings (SSSR count). The Labute approximate surface area is 132 Å². The number of benzene rings is 1. The van der Waals surface area contributed by atoms with E-state index < -0.39 is 16.1 Å². The van der Waals surface area contributed by atoms with Gasteiger partial charge in [0, 0.05) is 10.9 Å². The summed E-state index contributed by atoms with van der Waals surface area (Å²) in [5.74, 6) is 0.504. The molecule has 1 aromatic carbocycles. The number of hydrogen-bond acceptors (Lipinski definition) is 5. The normalized spacial score (nSPS) is 13.1. The lowest BCUT2D eigenvalue weighted by Gasteiger charge is -2.14. The van der Waals surface area contributed by atoms with Gasteiger partial charge in [0.1, 0.15) is 10.6 Å². The van der Waals surface area contributed by atoms with Crippen LogP contribution in [-0.4, -0.2) is 15.5 Å². The van der Waals surface area contributed by atoms with Crippen molar-refractivity contribution < 1.29 is 13.2 Å². The van der Waals surface area contributed by atoms with E-state index in [0.717, 1.165) is 4.88 Å². The average molecular weight is 347 g/mol. The van der Waals surface area contributed by atoms with Crippen molar-refractivity contribution in [1.29, 1.82) is 0 Å². The maximum absolute atomic E-state index is 12.4. The Morgan fingerprint density at radius 1 is 1.33 bits per heavy atom. The van der Waals surface area contributed by atoms with Crippen LogP contribution in [-0.2, 0) is 10.0 Å². The molecule has 0 bridgehead atoms. The summed E-state index contributed by atoms with van der Waals surface area (Å²) in [6, 6.07) is 7.57. The molecule has 0 aliphatic heterocycles. The van der Waals surface area contributed by atoms with Crippen LogP contribution in [0.3, 0.4) is 0 Å². The van der Waals surface area contributed by atoms with Gasteiger partial charge in [-0.05, 0) is 31.2 Å². The molecule has 1 heterocycles. The minimum atomic E-state index is -3.72. The second-order valence-corrected chi connectivity index (χ2v) is 7.82. The molecule has 0 fully saturated rings. The van der Waals surface area contributed by atoms with Gasteiger partial charge in [0.25, 0.3) is 0 Å². The number of anilines is 1. The molecule has 21 heavy (non-hydrogen) atoms. The fraction of sp³-hybridized carbons (Fsp3) is 0.231. The molecule has 0 spiro atoms. The Bertz CT molecular complexity index is 744. The maximum Gasteiger partial charge on any atom is 0.243 e. The second kappa shape index (κ2) is 6.23. The first-order valence-electron chi connectivity index (χ1n) is 6.04. The number of rotatable bonds is 5. The minimum absolute atomic E-state index is 0.0257.